The minimum Gasteiger partial charge on any atom is -0.387 e. The number of non-ortho nitro benzene ring substituents is 1. The molecule has 2 rings (SSSR count). The zero-order valence-electron chi connectivity index (χ0n) is 11.4. The van der Waals surface area contributed by atoms with E-state index in [1.807, 2.05) is 0 Å². The monoisotopic (exact) mass is 290 g/mol. The first-order valence-electron chi connectivity index (χ1n) is 6.39. The van der Waals surface area contributed by atoms with Crippen molar-refractivity contribution in [3.05, 3.63) is 69.5 Å². The fourth-order valence-electron chi connectivity index (χ4n) is 1.99. The van der Waals surface area contributed by atoms with Gasteiger partial charge in [0.1, 0.15) is 5.82 Å². The number of anilines is 1. The van der Waals surface area contributed by atoms with E-state index in [4.69, 9.17) is 0 Å². The highest BCUT2D eigenvalue weighted by Gasteiger charge is 2.10. The summed E-state index contributed by atoms with van der Waals surface area (Å²) in [6.07, 6.45) is -0.839. The third kappa shape index (κ3) is 4.00. The molecule has 110 valence electrons. The van der Waals surface area contributed by atoms with E-state index in [9.17, 15) is 19.6 Å². The first-order chi connectivity index (χ1) is 9.95. The number of nitrogens with one attached hydrogen (secondary N) is 1. The van der Waals surface area contributed by atoms with Gasteiger partial charge in [-0.15, -0.1) is 0 Å². The molecule has 6 heteroatoms. The van der Waals surface area contributed by atoms with E-state index in [2.05, 4.69) is 5.32 Å². The van der Waals surface area contributed by atoms with Crippen molar-refractivity contribution in [1.82, 2.24) is 0 Å². The van der Waals surface area contributed by atoms with E-state index in [1.54, 1.807) is 13.0 Å². The van der Waals surface area contributed by atoms with Crippen LogP contribution in [0, 0.1) is 22.9 Å². The Balaban J connectivity index is 2.00. The smallest absolute Gasteiger partial charge is 0.269 e. The Bertz CT molecular complexity index is 624. The van der Waals surface area contributed by atoms with Crippen LogP contribution in [0.2, 0.25) is 0 Å². The number of aliphatic hydroxyl groups excluding tert-OH is 1. The van der Waals surface area contributed by atoms with Crippen molar-refractivity contribution in [1.29, 1.82) is 0 Å². The van der Waals surface area contributed by atoms with Crippen LogP contribution < -0.4 is 5.32 Å². The number of halogens is 1. The second kappa shape index (κ2) is 6.32. The molecule has 0 spiro atoms. The first kappa shape index (κ1) is 14.9. The molecule has 0 aliphatic heterocycles. The normalized spacial score (nSPS) is 12.0. The molecule has 0 bridgehead atoms. The van der Waals surface area contributed by atoms with Crippen LogP contribution in [0.1, 0.15) is 17.2 Å². The Morgan fingerprint density at radius 3 is 2.52 bits per heavy atom. The molecular formula is C15H15FN2O3. The quantitative estimate of drug-likeness (QED) is 0.655. The van der Waals surface area contributed by atoms with Crippen molar-refractivity contribution in [3.63, 3.8) is 0 Å². The molecule has 5 nitrogen and oxygen atoms in total. The molecule has 0 amide bonds. The van der Waals surface area contributed by atoms with Gasteiger partial charge in [0.25, 0.3) is 5.69 Å². The molecule has 0 saturated heterocycles. The lowest BCUT2D eigenvalue weighted by Gasteiger charge is -2.13. The Labute approximate surface area is 121 Å². The van der Waals surface area contributed by atoms with E-state index in [0.29, 0.717) is 11.3 Å². The molecule has 2 aromatic carbocycles. The van der Waals surface area contributed by atoms with Crippen molar-refractivity contribution in [2.75, 3.05) is 11.9 Å². The molecular weight excluding hydrogens is 275 g/mol. The zero-order chi connectivity index (χ0) is 15.4. The van der Waals surface area contributed by atoms with Gasteiger partial charge in [0.15, 0.2) is 0 Å². The van der Waals surface area contributed by atoms with Gasteiger partial charge in [-0.3, -0.25) is 10.1 Å². The summed E-state index contributed by atoms with van der Waals surface area (Å²) in [6, 6.07) is 10.2. The third-order valence-corrected chi connectivity index (χ3v) is 3.03. The summed E-state index contributed by atoms with van der Waals surface area (Å²) in [4.78, 5) is 10.1. The lowest BCUT2D eigenvalue weighted by molar-refractivity contribution is -0.384. The number of nitro benzene ring substituents is 1. The van der Waals surface area contributed by atoms with Gasteiger partial charge in [0, 0.05) is 24.4 Å². The Morgan fingerprint density at radius 2 is 1.95 bits per heavy atom. The van der Waals surface area contributed by atoms with Gasteiger partial charge in [-0.25, -0.2) is 4.39 Å². The van der Waals surface area contributed by atoms with E-state index < -0.39 is 11.0 Å². The van der Waals surface area contributed by atoms with E-state index in [1.165, 1.54) is 36.4 Å². The van der Waals surface area contributed by atoms with Crippen LogP contribution >= 0.6 is 0 Å². The number of hydrogen-bond acceptors (Lipinski definition) is 4. The Morgan fingerprint density at radius 1 is 1.29 bits per heavy atom. The maximum Gasteiger partial charge on any atom is 0.269 e. The molecule has 21 heavy (non-hydrogen) atoms. The molecule has 0 radical (unpaired) electrons. The molecule has 0 aromatic heterocycles. The molecule has 1 unspecified atom stereocenters. The average Bonchev–Trinajstić information content (AvgIpc) is 2.44. The summed E-state index contributed by atoms with van der Waals surface area (Å²) < 4.78 is 13.2. The van der Waals surface area contributed by atoms with E-state index in [0.717, 1.165) is 5.56 Å². The van der Waals surface area contributed by atoms with Crippen molar-refractivity contribution < 1.29 is 14.4 Å². The molecule has 0 saturated carbocycles. The Kier molecular flexibility index (Phi) is 4.49. The summed E-state index contributed by atoms with van der Waals surface area (Å²) in [6.45, 7) is 1.96. The van der Waals surface area contributed by atoms with Crippen LogP contribution in [0.3, 0.4) is 0 Å². The lowest BCUT2D eigenvalue weighted by Crippen LogP contribution is -2.12. The molecule has 0 heterocycles. The van der Waals surface area contributed by atoms with Crippen LogP contribution in [0.5, 0.6) is 0 Å². The summed E-state index contributed by atoms with van der Waals surface area (Å²) in [7, 11) is 0. The highest BCUT2D eigenvalue weighted by molar-refractivity contribution is 5.46. The van der Waals surface area contributed by atoms with E-state index in [-0.39, 0.29) is 18.0 Å². The third-order valence-electron chi connectivity index (χ3n) is 3.03. The summed E-state index contributed by atoms with van der Waals surface area (Å²) in [5.41, 5.74) is 1.89. The lowest BCUT2D eigenvalue weighted by atomic mass is 10.1. The summed E-state index contributed by atoms with van der Waals surface area (Å²) in [5.74, 6) is -0.345. The number of nitrogens with zero attached hydrogens (tertiary/aromatic N) is 1. The van der Waals surface area contributed by atoms with Gasteiger partial charge < -0.3 is 10.4 Å². The molecule has 0 fully saturated rings. The fourth-order valence-corrected chi connectivity index (χ4v) is 1.99. The van der Waals surface area contributed by atoms with Gasteiger partial charge in [-0.05, 0) is 48.4 Å². The molecule has 2 N–H and O–H groups in total. The van der Waals surface area contributed by atoms with Crippen molar-refractivity contribution in [2.45, 2.75) is 13.0 Å². The minimum atomic E-state index is -0.839. The molecule has 2 aromatic rings. The first-order valence-corrected chi connectivity index (χ1v) is 6.39. The molecule has 1 atom stereocenters. The maximum atomic E-state index is 13.2. The van der Waals surface area contributed by atoms with Crippen LogP contribution in [0.15, 0.2) is 42.5 Å². The molecule has 0 aliphatic rings. The highest BCUT2D eigenvalue weighted by atomic mass is 19.1. The van der Waals surface area contributed by atoms with E-state index >= 15 is 0 Å². The van der Waals surface area contributed by atoms with Crippen molar-refractivity contribution in [3.8, 4) is 0 Å². The van der Waals surface area contributed by atoms with Gasteiger partial charge in [0.05, 0.1) is 11.0 Å². The van der Waals surface area contributed by atoms with Gasteiger partial charge in [0.2, 0.25) is 0 Å². The number of aryl methyl sites for hydroxylation is 1. The number of hydrogen-bond donors (Lipinski definition) is 2. The second-order valence-electron chi connectivity index (χ2n) is 4.76. The predicted molar refractivity (Wildman–Crippen MR) is 77.7 cm³/mol. The average molecular weight is 290 g/mol. The van der Waals surface area contributed by atoms with Crippen LogP contribution in [-0.4, -0.2) is 16.6 Å². The largest absolute Gasteiger partial charge is 0.387 e. The maximum absolute atomic E-state index is 13.2. The zero-order valence-corrected chi connectivity index (χ0v) is 11.4. The van der Waals surface area contributed by atoms with Crippen LogP contribution in [0.4, 0.5) is 15.8 Å². The van der Waals surface area contributed by atoms with Crippen molar-refractivity contribution in [2.24, 2.45) is 0 Å². The van der Waals surface area contributed by atoms with Gasteiger partial charge >= 0.3 is 0 Å². The Hall–Kier alpha value is -2.47. The van der Waals surface area contributed by atoms with Crippen LogP contribution in [-0.2, 0) is 0 Å². The van der Waals surface area contributed by atoms with Gasteiger partial charge in [-0.2, -0.15) is 0 Å². The summed E-state index contributed by atoms with van der Waals surface area (Å²) in [5, 5.41) is 23.5. The number of benzene rings is 2. The molecule has 0 aliphatic carbocycles. The fraction of sp³-hybridized carbons (Fsp3) is 0.200. The SMILES string of the molecule is Cc1cc(F)cc(NCC(O)c2ccc([N+](=O)[O-])cc2)c1. The number of aliphatic hydroxyl groups is 1. The topological polar surface area (TPSA) is 75.4 Å². The van der Waals surface area contributed by atoms with Gasteiger partial charge in [-0.1, -0.05) is 0 Å². The van der Waals surface area contributed by atoms with Crippen molar-refractivity contribution >= 4 is 11.4 Å². The van der Waals surface area contributed by atoms with Crippen LogP contribution in [0.25, 0.3) is 0 Å². The second-order valence-corrected chi connectivity index (χ2v) is 4.76. The number of rotatable bonds is 5. The minimum absolute atomic E-state index is 0.0281. The standard InChI is InChI=1S/C15H15FN2O3/c1-10-6-12(16)8-13(7-10)17-9-15(19)11-2-4-14(5-3-11)18(20)21/h2-8,15,17,19H,9H2,1H3. The number of nitro groups is 1. The highest BCUT2D eigenvalue weighted by Crippen LogP contribution is 2.19. The predicted octanol–water partition coefficient (Wildman–Crippen LogP) is 3.19. The summed E-state index contributed by atoms with van der Waals surface area (Å²) >= 11 is 0.